The van der Waals surface area contributed by atoms with Gasteiger partial charge < -0.3 is 24.1 Å². The van der Waals surface area contributed by atoms with Crippen LogP contribution in [0.5, 0.6) is 0 Å². The van der Waals surface area contributed by atoms with Crippen LogP contribution in [0.1, 0.15) is 12.5 Å². The standard InChI is InChI=1S/C14H22O5/c1-3-18-14(15,13-7-5-4-6-8-13)19-12-11-17-10-9-16-2/h4-8,15H,3,9-12H2,1-2H3. The highest BCUT2D eigenvalue weighted by atomic mass is 16.8. The molecule has 0 aliphatic heterocycles. The summed E-state index contributed by atoms with van der Waals surface area (Å²) in [6, 6.07) is 9.00. The van der Waals surface area contributed by atoms with Crippen LogP contribution in [0, 0.1) is 0 Å². The number of hydrogen-bond donors (Lipinski definition) is 1. The van der Waals surface area contributed by atoms with E-state index in [1.165, 1.54) is 0 Å². The van der Waals surface area contributed by atoms with Crippen LogP contribution in [0.15, 0.2) is 30.3 Å². The highest BCUT2D eigenvalue weighted by molar-refractivity contribution is 5.17. The van der Waals surface area contributed by atoms with Crippen LogP contribution in [0.3, 0.4) is 0 Å². The summed E-state index contributed by atoms with van der Waals surface area (Å²) < 4.78 is 20.8. The van der Waals surface area contributed by atoms with Gasteiger partial charge in [0, 0.05) is 19.3 Å². The highest BCUT2D eigenvalue weighted by Gasteiger charge is 2.31. The van der Waals surface area contributed by atoms with E-state index in [9.17, 15) is 5.11 Å². The van der Waals surface area contributed by atoms with Crippen molar-refractivity contribution in [3.8, 4) is 0 Å². The van der Waals surface area contributed by atoms with Crippen LogP contribution in [0.25, 0.3) is 0 Å². The maximum absolute atomic E-state index is 10.4. The van der Waals surface area contributed by atoms with E-state index in [-0.39, 0.29) is 6.61 Å². The van der Waals surface area contributed by atoms with E-state index in [4.69, 9.17) is 18.9 Å². The molecule has 0 saturated carbocycles. The van der Waals surface area contributed by atoms with Crippen LogP contribution < -0.4 is 0 Å². The molecule has 0 fully saturated rings. The molecule has 1 rings (SSSR count). The first kappa shape index (κ1) is 16.1. The molecule has 0 amide bonds. The van der Waals surface area contributed by atoms with Gasteiger partial charge in [0.15, 0.2) is 0 Å². The van der Waals surface area contributed by atoms with Gasteiger partial charge in [-0.25, -0.2) is 0 Å². The number of methoxy groups -OCH3 is 1. The SMILES string of the molecule is CCOC(O)(OCCOCCOC)c1ccccc1. The average Bonchev–Trinajstić information content (AvgIpc) is 2.44. The minimum absolute atomic E-state index is 0.231. The van der Waals surface area contributed by atoms with Gasteiger partial charge in [-0.3, -0.25) is 0 Å². The van der Waals surface area contributed by atoms with Crippen molar-refractivity contribution in [3.05, 3.63) is 35.9 Å². The van der Waals surface area contributed by atoms with Crippen molar-refractivity contribution in [2.75, 3.05) is 40.1 Å². The third kappa shape index (κ3) is 5.67. The summed E-state index contributed by atoms with van der Waals surface area (Å²) in [6.45, 7) is 3.77. The molecule has 1 unspecified atom stereocenters. The Labute approximate surface area is 114 Å². The molecule has 0 heterocycles. The van der Waals surface area contributed by atoms with Gasteiger partial charge >= 0.3 is 5.97 Å². The van der Waals surface area contributed by atoms with Crippen LogP contribution in [0.4, 0.5) is 0 Å². The molecule has 0 spiro atoms. The Morgan fingerprint density at radius 1 is 1.00 bits per heavy atom. The van der Waals surface area contributed by atoms with E-state index in [2.05, 4.69) is 0 Å². The van der Waals surface area contributed by atoms with E-state index in [0.717, 1.165) is 0 Å². The number of ether oxygens (including phenoxy) is 4. The van der Waals surface area contributed by atoms with Gasteiger partial charge in [0.05, 0.1) is 26.4 Å². The molecular weight excluding hydrogens is 248 g/mol. The summed E-state index contributed by atoms with van der Waals surface area (Å²) in [6.07, 6.45) is 0. The molecule has 19 heavy (non-hydrogen) atoms. The van der Waals surface area contributed by atoms with Crippen LogP contribution in [-0.2, 0) is 24.9 Å². The molecule has 0 bridgehead atoms. The number of aliphatic hydroxyl groups is 1. The zero-order valence-corrected chi connectivity index (χ0v) is 11.5. The third-order valence-corrected chi connectivity index (χ3v) is 2.44. The molecule has 1 atom stereocenters. The Balaban J connectivity index is 2.44. The monoisotopic (exact) mass is 270 g/mol. The second-order valence-electron chi connectivity index (χ2n) is 3.83. The Kier molecular flexibility index (Phi) is 7.62. The first-order chi connectivity index (χ1) is 9.23. The van der Waals surface area contributed by atoms with Gasteiger partial charge in [-0.1, -0.05) is 30.3 Å². The lowest BCUT2D eigenvalue weighted by atomic mass is 10.2. The molecule has 0 aliphatic carbocycles. The van der Waals surface area contributed by atoms with Crippen LogP contribution in [0.2, 0.25) is 0 Å². The van der Waals surface area contributed by atoms with E-state index in [1.54, 1.807) is 26.2 Å². The first-order valence-corrected chi connectivity index (χ1v) is 6.35. The van der Waals surface area contributed by atoms with Gasteiger partial charge in [-0.05, 0) is 6.92 Å². The van der Waals surface area contributed by atoms with Gasteiger partial charge in [0.2, 0.25) is 0 Å². The lowest BCUT2D eigenvalue weighted by molar-refractivity contribution is -0.373. The molecular formula is C14H22O5. The minimum atomic E-state index is -1.72. The van der Waals surface area contributed by atoms with Gasteiger partial charge in [0.1, 0.15) is 0 Å². The maximum Gasteiger partial charge on any atom is 0.309 e. The van der Waals surface area contributed by atoms with Crippen molar-refractivity contribution < 1.29 is 24.1 Å². The molecule has 0 aliphatic rings. The Morgan fingerprint density at radius 3 is 2.32 bits per heavy atom. The van der Waals surface area contributed by atoms with E-state index in [0.29, 0.717) is 32.0 Å². The molecule has 5 nitrogen and oxygen atoms in total. The highest BCUT2D eigenvalue weighted by Crippen LogP contribution is 2.23. The largest absolute Gasteiger partial charge is 0.382 e. The number of hydrogen-bond acceptors (Lipinski definition) is 5. The normalized spacial score (nSPS) is 14.3. The molecule has 0 radical (unpaired) electrons. The zero-order valence-electron chi connectivity index (χ0n) is 11.5. The number of rotatable bonds is 10. The topological polar surface area (TPSA) is 57.2 Å². The van der Waals surface area contributed by atoms with Crippen molar-refractivity contribution in [1.82, 2.24) is 0 Å². The minimum Gasteiger partial charge on any atom is -0.382 e. The first-order valence-electron chi connectivity index (χ1n) is 6.35. The smallest absolute Gasteiger partial charge is 0.309 e. The summed E-state index contributed by atoms with van der Waals surface area (Å²) in [5, 5.41) is 10.4. The summed E-state index contributed by atoms with van der Waals surface area (Å²) in [5.74, 6) is -1.72. The van der Waals surface area contributed by atoms with Crippen molar-refractivity contribution in [2.45, 2.75) is 12.9 Å². The molecule has 5 heteroatoms. The molecule has 1 N–H and O–H groups in total. The summed E-state index contributed by atoms with van der Waals surface area (Å²) in [7, 11) is 1.61. The summed E-state index contributed by atoms with van der Waals surface area (Å²) in [4.78, 5) is 0. The van der Waals surface area contributed by atoms with Crippen molar-refractivity contribution >= 4 is 0 Å². The fourth-order valence-corrected chi connectivity index (χ4v) is 1.54. The van der Waals surface area contributed by atoms with Gasteiger partial charge in [-0.2, -0.15) is 0 Å². The predicted molar refractivity (Wildman–Crippen MR) is 70.6 cm³/mol. The molecule has 1 aromatic carbocycles. The number of benzene rings is 1. The second kappa shape index (κ2) is 9.01. The Morgan fingerprint density at radius 2 is 1.68 bits per heavy atom. The van der Waals surface area contributed by atoms with Crippen molar-refractivity contribution in [1.29, 1.82) is 0 Å². The van der Waals surface area contributed by atoms with E-state index in [1.807, 2.05) is 18.2 Å². The molecule has 108 valence electrons. The molecule has 0 saturated heterocycles. The van der Waals surface area contributed by atoms with E-state index < -0.39 is 5.97 Å². The fraction of sp³-hybridized carbons (Fsp3) is 0.571. The lowest BCUT2D eigenvalue weighted by Crippen LogP contribution is -2.34. The molecule has 0 aromatic heterocycles. The third-order valence-electron chi connectivity index (χ3n) is 2.44. The zero-order chi connectivity index (χ0) is 14.0. The van der Waals surface area contributed by atoms with E-state index >= 15 is 0 Å². The lowest BCUT2D eigenvalue weighted by Gasteiger charge is -2.27. The van der Waals surface area contributed by atoms with Gasteiger partial charge in [-0.15, -0.1) is 0 Å². The summed E-state index contributed by atoms with van der Waals surface area (Å²) >= 11 is 0. The van der Waals surface area contributed by atoms with Crippen molar-refractivity contribution in [3.63, 3.8) is 0 Å². The Bertz CT molecular complexity index is 330. The average molecular weight is 270 g/mol. The second-order valence-corrected chi connectivity index (χ2v) is 3.83. The van der Waals surface area contributed by atoms with Crippen molar-refractivity contribution in [2.24, 2.45) is 0 Å². The molecule has 1 aromatic rings. The van der Waals surface area contributed by atoms with Crippen LogP contribution in [-0.4, -0.2) is 45.3 Å². The Hall–Kier alpha value is -0.980. The van der Waals surface area contributed by atoms with Crippen LogP contribution >= 0.6 is 0 Å². The predicted octanol–water partition coefficient (Wildman–Crippen LogP) is 1.51. The fourth-order valence-electron chi connectivity index (χ4n) is 1.54. The van der Waals surface area contributed by atoms with Gasteiger partial charge in [0.25, 0.3) is 0 Å². The maximum atomic E-state index is 10.4. The quantitative estimate of drug-likeness (QED) is 0.516. The summed E-state index contributed by atoms with van der Waals surface area (Å²) in [5.41, 5.74) is 0.564.